The molecule has 25 heavy (non-hydrogen) atoms. The molecule has 0 unspecified atom stereocenters. The van der Waals surface area contributed by atoms with Crippen molar-refractivity contribution < 1.29 is 17.6 Å². The monoisotopic (exact) mass is 425 g/mol. The summed E-state index contributed by atoms with van der Waals surface area (Å²) in [5, 5.41) is -0.408. The Labute approximate surface area is 156 Å². The van der Waals surface area contributed by atoms with Gasteiger partial charge in [0.1, 0.15) is 11.5 Å². The van der Waals surface area contributed by atoms with E-state index in [0.717, 1.165) is 10.0 Å². The quantitative estimate of drug-likeness (QED) is 0.737. The molecule has 0 N–H and O–H groups in total. The van der Waals surface area contributed by atoms with Crippen LogP contribution < -0.4 is 0 Å². The van der Waals surface area contributed by atoms with E-state index in [1.807, 2.05) is 24.3 Å². The number of hydrogen-bond donors (Lipinski definition) is 0. The van der Waals surface area contributed by atoms with Crippen LogP contribution in [0, 0.1) is 0 Å². The number of amides is 1. The van der Waals surface area contributed by atoms with Crippen molar-refractivity contribution in [3.8, 4) is 0 Å². The minimum Gasteiger partial charge on any atom is -0.468 e. The molecule has 0 aliphatic carbocycles. The van der Waals surface area contributed by atoms with Gasteiger partial charge in [0.15, 0.2) is 9.84 Å². The van der Waals surface area contributed by atoms with Gasteiger partial charge < -0.3 is 9.32 Å². The third kappa shape index (κ3) is 4.73. The number of rotatable bonds is 5. The number of benzene rings is 1. The van der Waals surface area contributed by atoms with Gasteiger partial charge in [-0.25, -0.2) is 8.42 Å². The fraction of sp³-hybridized carbons (Fsp3) is 0.389. The molecule has 1 aliphatic heterocycles. The average molecular weight is 426 g/mol. The molecule has 3 rings (SSSR count). The molecule has 5 nitrogen and oxygen atoms in total. The number of nitrogens with zero attached hydrogens (tertiary/aromatic N) is 1. The van der Waals surface area contributed by atoms with Crippen molar-refractivity contribution in [1.82, 2.24) is 4.90 Å². The minimum absolute atomic E-state index is 0.0456. The van der Waals surface area contributed by atoms with Crippen LogP contribution in [0.5, 0.6) is 0 Å². The van der Waals surface area contributed by atoms with Crippen molar-refractivity contribution in [2.45, 2.75) is 30.3 Å². The molecular formula is C18H20BrNO4S. The van der Waals surface area contributed by atoms with E-state index in [0.29, 0.717) is 38.1 Å². The van der Waals surface area contributed by atoms with Crippen molar-refractivity contribution in [3.63, 3.8) is 0 Å². The van der Waals surface area contributed by atoms with E-state index in [9.17, 15) is 13.2 Å². The molecule has 0 atom stereocenters. The first-order valence-electron chi connectivity index (χ1n) is 8.20. The second-order valence-corrected chi connectivity index (χ2v) is 9.47. The van der Waals surface area contributed by atoms with Crippen LogP contribution in [-0.4, -0.2) is 37.6 Å². The minimum atomic E-state index is -3.26. The molecule has 1 aromatic carbocycles. The van der Waals surface area contributed by atoms with Gasteiger partial charge in [-0.3, -0.25) is 4.79 Å². The highest BCUT2D eigenvalue weighted by Crippen LogP contribution is 2.22. The summed E-state index contributed by atoms with van der Waals surface area (Å²) in [5.41, 5.74) is 0.959. The van der Waals surface area contributed by atoms with Gasteiger partial charge in [0, 0.05) is 17.6 Å². The van der Waals surface area contributed by atoms with Gasteiger partial charge in [-0.05, 0) is 42.7 Å². The summed E-state index contributed by atoms with van der Waals surface area (Å²) < 4.78 is 31.1. The second kappa shape index (κ2) is 7.74. The molecule has 0 saturated carbocycles. The van der Waals surface area contributed by atoms with E-state index < -0.39 is 15.1 Å². The molecule has 1 aliphatic rings. The van der Waals surface area contributed by atoms with Gasteiger partial charge in [0.25, 0.3) is 0 Å². The molecule has 1 amide bonds. The summed E-state index contributed by atoms with van der Waals surface area (Å²) in [7, 11) is -3.26. The summed E-state index contributed by atoms with van der Waals surface area (Å²) >= 11 is 3.38. The summed E-state index contributed by atoms with van der Waals surface area (Å²) in [5.74, 6) is 0.440. The van der Waals surface area contributed by atoms with Crippen molar-refractivity contribution in [2.75, 3.05) is 13.1 Å². The maximum atomic E-state index is 12.5. The number of carbonyl (C=O) groups is 1. The van der Waals surface area contributed by atoms with Crippen LogP contribution in [0.3, 0.4) is 0 Å². The number of sulfone groups is 1. The molecule has 1 aromatic heterocycles. The molecule has 2 heterocycles. The average Bonchev–Trinajstić information content (AvgIpc) is 3.09. The van der Waals surface area contributed by atoms with E-state index in [-0.39, 0.29) is 11.7 Å². The Bertz CT molecular complexity index is 807. The third-order valence-electron chi connectivity index (χ3n) is 4.49. The lowest BCUT2D eigenvalue weighted by Crippen LogP contribution is -2.43. The number of likely N-dealkylation sites (tertiary alicyclic amines) is 1. The molecule has 1 saturated heterocycles. The first-order valence-corrected chi connectivity index (χ1v) is 10.7. The molecule has 1 fully saturated rings. The Kier molecular flexibility index (Phi) is 5.64. The van der Waals surface area contributed by atoms with Gasteiger partial charge in [-0.2, -0.15) is 0 Å². The van der Waals surface area contributed by atoms with Gasteiger partial charge in [0.2, 0.25) is 5.91 Å². The molecule has 7 heteroatoms. The zero-order valence-electron chi connectivity index (χ0n) is 13.7. The smallest absolute Gasteiger partial charge is 0.226 e. The standard InChI is InChI=1S/C18H20BrNO4S/c19-15-5-3-14(4-6-15)12-18(21)20-9-7-17(8-10-20)25(22,23)13-16-2-1-11-24-16/h1-6,11,17H,7-10,12-13H2. The Balaban J connectivity index is 1.54. The summed E-state index contributed by atoms with van der Waals surface area (Å²) in [6.45, 7) is 0.967. The Morgan fingerprint density at radius 2 is 1.84 bits per heavy atom. The normalized spacial score (nSPS) is 16.1. The lowest BCUT2D eigenvalue weighted by Gasteiger charge is -2.31. The first-order chi connectivity index (χ1) is 11.9. The zero-order chi connectivity index (χ0) is 17.9. The summed E-state index contributed by atoms with van der Waals surface area (Å²) in [6.07, 6.45) is 2.79. The molecule has 0 bridgehead atoms. The molecule has 0 spiro atoms. The van der Waals surface area contributed by atoms with Gasteiger partial charge >= 0.3 is 0 Å². The maximum absolute atomic E-state index is 12.5. The van der Waals surface area contributed by atoms with Gasteiger partial charge in [-0.1, -0.05) is 28.1 Å². The molecule has 2 aromatic rings. The molecular weight excluding hydrogens is 406 g/mol. The summed E-state index contributed by atoms with van der Waals surface area (Å²) in [4.78, 5) is 14.2. The van der Waals surface area contributed by atoms with Crippen LogP contribution in [0.4, 0.5) is 0 Å². The molecule has 134 valence electrons. The van der Waals surface area contributed by atoms with Gasteiger partial charge in [0.05, 0.1) is 17.9 Å². The Hall–Kier alpha value is -1.60. The van der Waals surface area contributed by atoms with E-state index >= 15 is 0 Å². The van der Waals surface area contributed by atoms with Crippen LogP contribution in [0.25, 0.3) is 0 Å². The Morgan fingerprint density at radius 3 is 2.44 bits per heavy atom. The maximum Gasteiger partial charge on any atom is 0.226 e. The lowest BCUT2D eigenvalue weighted by atomic mass is 10.1. The number of piperidine rings is 1. The largest absolute Gasteiger partial charge is 0.468 e. The van der Waals surface area contributed by atoms with E-state index in [1.165, 1.54) is 6.26 Å². The number of hydrogen-bond acceptors (Lipinski definition) is 4. The predicted octanol–water partition coefficient (Wildman–Crippen LogP) is 3.19. The highest BCUT2D eigenvalue weighted by molar-refractivity contribution is 9.10. The van der Waals surface area contributed by atoms with Crippen molar-refractivity contribution in [1.29, 1.82) is 0 Å². The second-order valence-electron chi connectivity index (χ2n) is 6.27. The third-order valence-corrected chi connectivity index (χ3v) is 7.20. The lowest BCUT2D eigenvalue weighted by molar-refractivity contribution is -0.131. The van der Waals surface area contributed by atoms with Crippen molar-refractivity contribution >= 4 is 31.7 Å². The van der Waals surface area contributed by atoms with Gasteiger partial charge in [-0.15, -0.1) is 0 Å². The highest BCUT2D eigenvalue weighted by Gasteiger charge is 2.32. The fourth-order valence-corrected chi connectivity index (χ4v) is 5.05. The van der Waals surface area contributed by atoms with Crippen molar-refractivity contribution in [3.05, 3.63) is 58.5 Å². The first kappa shape index (κ1) is 18.2. The Morgan fingerprint density at radius 1 is 1.16 bits per heavy atom. The number of furan rings is 1. The molecule has 0 radical (unpaired) electrons. The predicted molar refractivity (Wildman–Crippen MR) is 98.8 cm³/mol. The highest BCUT2D eigenvalue weighted by atomic mass is 79.9. The fourth-order valence-electron chi connectivity index (χ4n) is 3.06. The summed E-state index contributed by atoms with van der Waals surface area (Å²) in [6, 6.07) is 11.0. The van der Waals surface area contributed by atoms with E-state index in [2.05, 4.69) is 15.9 Å². The topological polar surface area (TPSA) is 67.6 Å². The van der Waals surface area contributed by atoms with Crippen LogP contribution in [0.1, 0.15) is 24.2 Å². The van der Waals surface area contributed by atoms with E-state index in [4.69, 9.17) is 4.42 Å². The number of halogens is 1. The van der Waals surface area contributed by atoms with E-state index in [1.54, 1.807) is 17.0 Å². The zero-order valence-corrected chi connectivity index (χ0v) is 16.1. The van der Waals surface area contributed by atoms with Crippen LogP contribution in [-0.2, 0) is 26.8 Å². The van der Waals surface area contributed by atoms with Crippen molar-refractivity contribution in [2.24, 2.45) is 0 Å². The number of carbonyl (C=O) groups excluding carboxylic acids is 1. The van der Waals surface area contributed by atoms with Crippen LogP contribution in [0.2, 0.25) is 0 Å². The van der Waals surface area contributed by atoms with Crippen LogP contribution >= 0.6 is 15.9 Å². The SMILES string of the molecule is O=C(Cc1ccc(Br)cc1)N1CCC(S(=O)(=O)Cc2ccco2)CC1. The van der Waals surface area contributed by atoms with Crippen LogP contribution in [0.15, 0.2) is 51.6 Å².